The molecule has 0 aliphatic heterocycles. The maximum absolute atomic E-state index is 6.16. The molecule has 0 spiro atoms. The maximum Gasteiger partial charge on any atom is 0.0599 e. The summed E-state index contributed by atoms with van der Waals surface area (Å²) in [5, 5.41) is 2.11. The fourth-order valence-electron chi connectivity index (χ4n) is 2.18. The molecule has 0 saturated heterocycles. The largest absolute Gasteiger partial charge is 0.397 e. The van der Waals surface area contributed by atoms with Crippen LogP contribution in [0.1, 0.15) is 24.3 Å². The van der Waals surface area contributed by atoms with Crippen molar-refractivity contribution in [2.75, 3.05) is 23.7 Å². The first kappa shape index (κ1) is 13.0. The van der Waals surface area contributed by atoms with Crippen molar-refractivity contribution < 1.29 is 0 Å². The van der Waals surface area contributed by atoms with E-state index >= 15 is 0 Å². The summed E-state index contributed by atoms with van der Waals surface area (Å²) in [7, 11) is 0. The van der Waals surface area contributed by atoms with Gasteiger partial charge in [0.15, 0.2) is 0 Å². The maximum atomic E-state index is 6.16. The third-order valence-corrected chi connectivity index (χ3v) is 4.03. The zero-order chi connectivity index (χ0) is 13.0. The number of rotatable bonds is 5. The lowest BCUT2D eigenvalue weighted by atomic mass is 10.1. The standard InChI is InChI=1S/C15H20N2S/c1-3-17(4-2)15-8-7-12(11-14(15)16)10-13-6-5-9-18-13/h5-9,11H,3-4,10,16H2,1-2H3. The molecule has 0 atom stereocenters. The van der Waals surface area contributed by atoms with Crippen molar-refractivity contribution in [1.29, 1.82) is 0 Å². The zero-order valence-corrected chi connectivity index (χ0v) is 11.8. The van der Waals surface area contributed by atoms with E-state index in [0.717, 1.165) is 30.9 Å². The highest BCUT2D eigenvalue weighted by Gasteiger charge is 2.07. The van der Waals surface area contributed by atoms with E-state index in [1.807, 2.05) is 0 Å². The van der Waals surface area contributed by atoms with Crippen molar-refractivity contribution in [1.82, 2.24) is 0 Å². The number of thiophene rings is 1. The van der Waals surface area contributed by atoms with Gasteiger partial charge in [-0.1, -0.05) is 12.1 Å². The molecule has 2 N–H and O–H groups in total. The zero-order valence-electron chi connectivity index (χ0n) is 11.0. The minimum atomic E-state index is 0.882. The van der Waals surface area contributed by atoms with Gasteiger partial charge >= 0.3 is 0 Å². The van der Waals surface area contributed by atoms with Gasteiger partial charge in [0, 0.05) is 24.4 Å². The van der Waals surface area contributed by atoms with Crippen LogP contribution in [-0.4, -0.2) is 13.1 Å². The second kappa shape index (κ2) is 5.91. The Morgan fingerprint density at radius 3 is 2.50 bits per heavy atom. The summed E-state index contributed by atoms with van der Waals surface area (Å²) in [6.45, 7) is 6.29. The summed E-state index contributed by atoms with van der Waals surface area (Å²) in [5.74, 6) is 0. The molecule has 0 aliphatic carbocycles. The van der Waals surface area contributed by atoms with Gasteiger partial charge in [0.25, 0.3) is 0 Å². The molecule has 1 heterocycles. The number of hydrogen-bond donors (Lipinski definition) is 1. The Hall–Kier alpha value is -1.48. The molecule has 0 fully saturated rings. The Labute approximate surface area is 113 Å². The first-order chi connectivity index (χ1) is 8.74. The lowest BCUT2D eigenvalue weighted by Crippen LogP contribution is -2.22. The highest BCUT2D eigenvalue weighted by Crippen LogP contribution is 2.26. The van der Waals surface area contributed by atoms with Gasteiger partial charge in [-0.2, -0.15) is 0 Å². The van der Waals surface area contributed by atoms with Gasteiger partial charge in [0.2, 0.25) is 0 Å². The van der Waals surface area contributed by atoms with E-state index in [2.05, 4.69) is 54.5 Å². The van der Waals surface area contributed by atoms with Crippen LogP contribution in [0.2, 0.25) is 0 Å². The molecule has 96 valence electrons. The van der Waals surface area contributed by atoms with E-state index in [4.69, 9.17) is 5.73 Å². The van der Waals surface area contributed by atoms with Crippen LogP contribution in [0.4, 0.5) is 11.4 Å². The molecule has 0 bridgehead atoms. The van der Waals surface area contributed by atoms with Crippen LogP contribution < -0.4 is 10.6 Å². The van der Waals surface area contributed by atoms with Gasteiger partial charge in [-0.05, 0) is 43.0 Å². The van der Waals surface area contributed by atoms with Crippen molar-refractivity contribution in [2.24, 2.45) is 0 Å². The van der Waals surface area contributed by atoms with E-state index in [0.29, 0.717) is 0 Å². The molecular weight excluding hydrogens is 240 g/mol. The van der Waals surface area contributed by atoms with Crippen LogP contribution >= 0.6 is 11.3 Å². The van der Waals surface area contributed by atoms with Crippen LogP contribution in [0.3, 0.4) is 0 Å². The molecule has 18 heavy (non-hydrogen) atoms. The number of hydrogen-bond acceptors (Lipinski definition) is 3. The Kier molecular flexibility index (Phi) is 4.26. The third kappa shape index (κ3) is 2.85. The highest BCUT2D eigenvalue weighted by atomic mass is 32.1. The molecule has 2 nitrogen and oxygen atoms in total. The molecular formula is C15H20N2S. The predicted molar refractivity (Wildman–Crippen MR) is 81.5 cm³/mol. The monoisotopic (exact) mass is 260 g/mol. The molecule has 2 rings (SSSR count). The predicted octanol–water partition coefficient (Wildman–Crippen LogP) is 3.77. The quantitative estimate of drug-likeness (QED) is 0.829. The van der Waals surface area contributed by atoms with Crippen LogP contribution in [-0.2, 0) is 6.42 Å². The minimum Gasteiger partial charge on any atom is -0.397 e. The summed E-state index contributed by atoms with van der Waals surface area (Å²) in [4.78, 5) is 3.66. The molecule has 0 amide bonds. The van der Waals surface area contributed by atoms with E-state index in [1.165, 1.54) is 10.4 Å². The highest BCUT2D eigenvalue weighted by molar-refractivity contribution is 7.09. The Balaban J connectivity index is 2.19. The molecule has 1 aromatic carbocycles. The van der Waals surface area contributed by atoms with Gasteiger partial charge in [-0.3, -0.25) is 0 Å². The molecule has 0 unspecified atom stereocenters. The van der Waals surface area contributed by atoms with Crippen LogP contribution in [0.25, 0.3) is 0 Å². The third-order valence-electron chi connectivity index (χ3n) is 3.15. The molecule has 2 aromatic rings. The van der Waals surface area contributed by atoms with Crippen LogP contribution in [0.5, 0.6) is 0 Å². The van der Waals surface area contributed by atoms with Gasteiger partial charge < -0.3 is 10.6 Å². The Morgan fingerprint density at radius 1 is 1.17 bits per heavy atom. The Morgan fingerprint density at radius 2 is 1.94 bits per heavy atom. The lowest BCUT2D eigenvalue weighted by Gasteiger charge is -2.23. The summed E-state index contributed by atoms with van der Waals surface area (Å²) >= 11 is 1.79. The van der Waals surface area contributed by atoms with Crippen molar-refractivity contribution in [2.45, 2.75) is 20.3 Å². The summed E-state index contributed by atoms with van der Waals surface area (Å²) in [6, 6.07) is 10.7. The second-order valence-corrected chi connectivity index (χ2v) is 5.35. The van der Waals surface area contributed by atoms with E-state index in [9.17, 15) is 0 Å². The SMILES string of the molecule is CCN(CC)c1ccc(Cc2cccs2)cc1N. The number of nitrogen functional groups attached to an aromatic ring is 1. The van der Waals surface area contributed by atoms with Crippen molar-refractivity contribution in [3.63, 3.8) is 0 Å². The van der Waals surface area contributed by atoms with Crippen molar-refractivity contribution >= 4 is 22.7 Å². The molecule has 0 radical (unpaired) electrons. The average Bonchev–Trinajstić information content (AvgIpc) is 2.86. The van der Waals surface area contributed by atoms with Crippen molar-refractivity contribution in [3.8, 4) is 0 Å². The average molecular weight is 260 g/mol. The Bertz CT molecular complexity index is 487. The number of benzene rings is 1. The van der Waals surface area contributed by atoms with Gasteiger partial charge in [-0.25, -0.2) is 0 Å². The summed E-state index contributed by atoms with van der Waals surface area (Å²) < 4.78 is 0. The summed E-state index contributed by atoms with van der Waals surface area (Å²) in [6.07, 6.45) is 0.973. The lowest BCUT2D eigenvalue weighted by molar-refractivity contribution is 0.867. The fourth-order valence-corrected chi connectivity index (χ4v) is 2.92. The molecule has 0 saturated carbocycles. The molecule has 3 heteroatoms. The van der Waals surface area contributed by atoms with Crippen LogP contribution in [0.15, 0.2) is 35.7 Å². The minimum absolute atomic E-state index is 0.882. The number of nitrogens with zero attached hydrogens (tertiary/aromatic N) is 1. The van der Waals surface area contributed by atoms with E-state index < -0.39 is 0 Å². The van der Waals surface area contributed by atoms with Gasteiger partial charge in [0.1, 0.15) is 0 Å². The van der Waals surface area contributed by atoms with Crippen molar-refractivity contribution in [3.05, 3.63) is 46.2 Å². The molecule has 0 aliphatic rings. The number of anilines is 2. The van der Waals surface area contributed by atoms with Gasteiger partial charge in [0.05, 0.1) is 11.4 Å². The van der Waals surface area contributed by atoms with Gasteiger partial charge in [-0.15, -0.1) is 11.3 Å². The van der Waals surface area contributed by atoms with Crippen LogP contribution in [0, 0.1) is 0 Å². The topological polar surface area (TPSA) is 29.3 Å². The fraction of sp³-hybridized carbons (Fsp3) is 0.333. The van der Waals surface area contributed by atoms with E-state index in [1.54, 1.807) is 11.3 Å². The second-order valence-electron chi connectivity index (χ2n) is 4.32. The first-order valence-corrected chi connectivity index (χ1v) is 7.28. The van der Waals surface area contributed by atoms with E-state index in [-0.39, 0.29) is 0 Å². The smallest absolute Gasteiger partial charge is 0.0599 e. The first-order valence-electron chi connectivity index (χ1n) is 6.40. The molecule has 1 aromatic heterocycles. The summed E-state index contributed by atoms with van der Waals surface area (Å²) in [5.41, 5.74) is 9.48. The normalized spacial score (nSPS) is 10.6. The number of nitrogens with two attached hydrogens (primary N) is 1.